The lowest BCUT2D eigenvalue weighted by molar-refractivity contribution is -0.138. The third kappa shape index (κ3) is 6.81. The Kier molecular flexibility index (Phi) is 7.82. The lowest BCUT2D eigenvalue weighted by Crippen LogP contribution is -2.18. The van der Waals surface area contributed by atoms with Crippen LogP contribution in [0.4, 0.5) is 37.7 Å². The summed E-state index contributed by atoms with van der Waals surface area (Å²) in [5, 5.41) is 9.10. The molecule has 0 aliphatic rings. The first kappa shape index (κ1) is 29.9. The molecule has 16 heteroatoms. The molecule has 0 aliphatic heterocycles. The van der Waals surface area contributed by atoms with Gasteiger partial charge < -0.3 is 0 Å². The lowest BCUT2D eigenvalue weighted by Gasteiger charge is -2.17. The summed E-state index contributed by atoms with van der Waals surface area (Å²) in [6.45, 7) is 0. The van der Waals surface area contributed by atoms with Crippen molar-refractivity contribution >= 4 is 42.8 Å². The zero-order valence-corrected chi connectivity index (χ0v) is 22.5. The number of alkyl halides is 6. The molecule has 0 saturated heterocycles. The van der Waals surface area contributed by atoms with Gasteiger partial charge in [-0.25, -0.2) is 16.8 Å². The minimum Gasteiger partial charge on any atom is -0.277 e. The molecule has 1 heterocycles. The zero-order valence-electron chi connectivity index (χ0n) is 20.1. The highest BCUT2D eigenvalue weighted by molar-refractivity contribution is 7.93. The molecule has 0 spiro atoms. The highest BCUT2D eigenvalue weighted by Gasteiger charge is 2.33. The quantitative estimate of drug-likeness (QED) is 0.215. The van der Waals surface area contributed by atoms with Crippen LogP contribution in [0, 0.1) is 11.3 Å². The van der Waals surface area contributed by atoms with Crippen LogP contribution in [0.15, 0.2) is 88.7 Å². The van der Waals surface area contributed by atoms with Crippen molar-refractivity contribution in [3.05, 3.63) is 94.9 Å². The zero-order chi connectivity index (χ0) is 30.2. The van der Waals surface area contributed by atoms with E-state index >= 15 is 0 Å². The Morgan fingerprint density at radius 2 is 1.17 bits per heavy atom. The Labute approximate surface area is 233 Å². The van der Waals surface area contributed by atoms with Gasteiger partial charge in [0.25, 0.3) is 20.0 Å². The number of sulfonamides is 2. The molecule has 0 fully saturated rings. The highest BCUT2D eigenvalue weighted by Crippen LogP contribution is 2.37. The number of hydrogen-bond acceptors (Lipinski definition) is 6. The third-order valence-corrected chi connectivity index (χ3v) is 9.22. The fourth-order valence-electron chi connectivity index (χ4n) is 3.51. The first-order valence-corrected chi connectivity index (χ1v) is 14.8. The van der Waals surface area contributed by atoms with Crippen LogP contribution in [0.2, 0.25) is 0 Å². The molecule has 214 valence electrons. The molecule has 4 aromatic rings. The van der Waals surface area contributed by atoms with E-state index in [1.807, 2.05) is 10.8 Å². The maximum atomic E-state index is 13.2. The van der Waals surface area contributed by atoms with Gasteiger partial charge >= 0.3 is 12.4 Å². The highest BCUT2D eigenvalue weighted by atomic mass is 32.2. The smallest absolute Gasteiger partial charge is 0.277 e. The van der Waals surface area contributed by atoms with Crippen molar-refractivity contribution in [1.82, 2.24) is 0 Å². The largest absolute Gasteiger partial charge is 0.416 e. The van der Waals surface area contributed by atoms with Crippen LogP contribution in [0.1, 0.15) is 16.0 Å². The van der Waals surface area contributed by atoms with Gasteiger partial charge in [0, 0.05) is 4.88 Å². The summed E-state index contributed by atoms with van der Waals surface area (Å²) in [6.07, 6.45) is -9.70. The first-order chi connectivity index (χ1) is 19.0. The van der Waals surface area contributed by atoms with Crippen molar-refractivity contribution in [3.63, 3.8) is 0 Å². The van der Waals surface area contributed by atoms with Gasteiger partial charge in [0.1, 0.15) is 10.9 Å². The third-order valence-electron chi connectivity index (χ3n) is 5.45. The average Bonchev–Trinajstić information content (AvgIpc) is 3.38. The normalized spacial score (nSPS) is 12.5. The maximum Gasteiger partial charge on any atom is 0.416 e. The van der Waals surface area contributed by atoms with Crippen molar-refractivity contribution in [2.45, 2.75) is 22.1 Å². The monoisotopic (exact) mass is 631 g/mol. The van der Waals surface area contributed by atoms with Gasteiger partial charge in [-0.2, -0.15) is 31.6 Å². The minimum absolute atomic E-state index is 0.306. The molecule has 0 aliphatic carbocycles. The number of benzene rings is 3. The van der Waals surface area contributed by atoms with E-state index in [0.29, 0.717) is 39.6 Å². The Bertz CT molecular complexity index is 1880. The Balaban J connectivity index is 1.79. The van der Waals surface area contributed by atoms with Crippen LogP contribution in [0.3, 0.4) is 0 Å². The molecule has 0 saturated carbocycles. The van der Waals surface area contributed by atoms with Gasteiger partial charge in [-0.05, 0) is 66.2 Å². The van der Waals surface area contributed by atoms with Crippen LogP contribution in [0.25, 0.3) is 10.4 Å². The van der Waals surface area contributed by atoms with Crippen LogP contribution < -0.4 is 9.44 Å². The van der Waals surface area contributed by atoms with Crippen LogP contribution in [-0.2, 0) is 32.4 Å². The summed E-state index contributed by atoms with van der Waals surface area (Å²) in [5.41, 5.74) is -3.06. The molecular formula is C25H15F6N3O4S3. The molecule has 4 rings (SSSR count). The second-order valence-electron chi connectivity index (χ2n) is 8.30. The Morgan fingerprint density at radius 1 is 0.659 bits per heavy atom. The van der Waals surface area contributed by atoms with E-state index in [4.69, 9.17) is 5.26 Å². The number of nitrogens with zero attached hydrogens (tertiary/aromatic N) is 1. The number of thiophene rings is 1. The van der Waals surface area contributed by atoms with Crippen molar-refractivity contribution in [2.24, 2.45) is 0 Å². The number of nitriles is 1. The first-order valence-electron chi connectivity index (χ1n) is 11.0. The van der Waals surface area contributed by atoms with E-state index in [0.717, 1.165) is 41.7 Å². The average molecular weight is 632 g/mol. The van der Waals surface area contributed by atoms with Crippen LogP contribution in [0.5, 0.6) is 0 Å². The summed E-state index contributed by atoms with van der Waals surface area (Å²) in [5.74, 6) is 0. The maximum absolute atomic E-state index is 13.2. The molecule has 0 atom stereocenters. The molecule has 0 radical (unpaired) electrons. The fraction of sp³-hybridized carbons (Fsp3) is 0.0800. The topological polar surface area (TPSA) is 116 Å². The standard InChI is InChI=1S/C25H15F6N3O4S3/c26-24(27,28)16-3-1-5-19(12-16)40(35,36)33-21-9-7-15(23-10-8-18(14-32)39-23)11-22(21)34-41(37,38)20-6-2-4-17(13-20)25(29,30)31/h1-13,33-34H. The van der Waals surface area contributed by atoms with E-state index in [1.165, 1.54) is 24.3 Å². The molecule has 0 amide bonds. The number of rotatable bonds is 7. The van der Waals surface area contributed by atoms with Gasteiger partial charge in [-0.3, -0.25) is 9.44 Å². The predicted octanol–water partition coefficient (Wildman–Crippen LogP) is 6.93. The molecule has 2 N–H and O–H groups in total. The van der Waals surface area contributed by atoms with E-state index in [-0.39, 0.29) is 0 Å². The number of halogens is 6. The van der Waals surface area contributed by atoms with Crippen LogP contribution in [-0.4, -0.2) is 16.8 Å². The summed E-state index contributed by atoms with van der Waals surface area (Å²) >= 11 is 1.02. The lowest BCUT2D eigenvalue weighted by atomic mass is 10.1. The van der Waals surface area contributed by atoms with Gasteiger partial charge in [0.05, 0.1) is 32.3 Å². The Morgan fingerprint density at radius 3 is 1.63 bits per heavy atom. The SMILES string of the molecule is N#Cc1ccc(-c2ccc(NS(=O)(=O)c3cccc(C(F)(F)F)c3)c(NS(=O)(=O)c3cccc(C(F)(F)F)c3)c2)s1. The van der Waals surface area contributed by atoms with Gasteiger partial charge in [-0.1, -0.05) is 18.2 Å². The molecule has 41 heavy (non-hydrogen) atoms. The van der Waals surface area contributed by atoms with E-state index < -0.39 is 64.7 Å². The van der Waals surface area contributed by atoms with E-state index in [9.17, 15) is 43.2 Å². The summed E-state index contributed by atoms with van der Waals surface area (Å²) in [7, 11) is -9.46. The Hall–Kier alpha value is -4.07. The molecule has 0 unspecified atom stereocenters. The molecule has 0 bridgehead atoms. The second kappa shape index (κ2) is 10.7. The summed E-state index contributed by atoms with van der Waals surface area (Å²) in [4.78, 5) is -0.791. The van der Waals surface area contributed by atoms with Crippen molar-refractivity contribution in [3.8, 4) is 16.5 Å². The molecule has 3 aromatic carbocycles. The number of hydrogen-bond donors (Lipinski definition) is 2. The summed E-state index contributed by atoms with van der Waals surface area (Å²) < 4.78 is 135. The second-order valence-corrected chi connectivity index (χ2v) is 12.7. The fourth-order valence-corrected chi connectivity index (χ4v) is 6.55. The molecular weight excluding hydrogens is 616 g/mol. The van der Waals surface area contributed by atoms with Gasteiger partial charge in [0.2, 0.25) is 0 Å². The molecule has 1 aromatic heterocycles. The van der Waals surface area contributed by atoms with Crippen molar-refractivity contribution in [1.29, 1.82) is 5.26 Å². The van der Waals surface area contributed by atoms with E-state index in [2.05, 4.69) is 4.72 Å². The summed E-state index contributed by atoms with van der Waals surface area (Å²) in [6, 6.07) is 14.2. The minimum atomic E-state index is -4.85. The number of anilines is 2. The van der Waals surface area contributed by atoms with Gasteiger partial charge in [0.15, 0.2) is 0 Å². The van der Waals surface area contributed by atoms with Crippen molar-refractivity contribution < 1.29 is 43.2 Å². The van der Waals surface area contributed by atoms with Crippen LogP contribution >= 0.6 is 11.3 Å². The van der Waals surface area contributed by atoms with Crippen molar-refractivity contribution in [2.75, 3.05) is 9.44 Å². The number of nitrogens with one attached hydrogen (secondary N) is 2. The van der Waals surface area contributed by atoms with Gasteiger partial charge in [-0.15, -0.1) is 11.3 Å². The van der Waals surface area contributed by atoms with E-state index in [1.54, 1.807) is 0 Å². The molecule has 7 nitrogen and oxygen atoms in total. The predicted molar refractivity (Wildman–Crippen MR) is 139 cm³/mol.